The quantitative estimate of drug-likeness (QED) is 0.278. The molecule has 0 saturated carbocycles. The summed E-state index contributed by atoms with van der Waals surface area (Å²) in [7, 11) is 0. The number of hydrogen-bond donors (Lipinski definition) is 0. The minimum absolute atomic E-state index is 0.0693. The monoisotopic (exact) mass is 138 g/mol. The number of carbonyl (C=O) groups excluding carboxylic acids is 1. The summed E-state index contributed by atoms with van der Waals surface area (Å²) in [5.41, 5.74) is 1.74. The van der Waals surface area contributed by atoms with Gasteiger partial charge in [0.05, 0.1) is 11.1 Å². The first-order valence-corrected chi connectivity index (χ1v) is 2.33. The van der Waals surface area contributed by atoms with E-state index >= 15 is 0 Å². The zero-order chi connectivity index (χ0) is 7.56. The molecule has 0 aromatic heterocycles. The Morgan fingerprint density at radius 1 is 1.40 bits per heavy atom. The van der Waals surface area contributed by atoms with Crippen LogP contribution >= 0.6 is 0 Å². The van der Waals surface area contributed by atoms with Crippen molar-refractivity contribution in [2.24, 2.45) is 0 Å². The maximum Gasteiger partial charge on any atom is 0.177 e. The van der Waals surface area contributed by atoms with Gasteiger partial charge < -0.3 is 0 Å². The predicted molar refractivity (Wildman–Crippen MR) is 29.7 cm³/mol. The Hall–Kier alpha value is -1.61. The SMILES string of the molecule is O=C=C=C1C(F)=C1C#CF. The first-order valence-electron chi connectivity index (χ1n) is 2.33. The standard InChI is InChI=1S/C7F2O/c8-3-1-5-6(2-4-10)7(5)9. The van der Waals surface area contributed by atoms with Gasteiger partial charge >= 0.3 is 0 Å². The molecule has 1 rings (SSSR count). The molecule has 10 heavy (non-hydrogen) atoms. The van der Waals surface area contributed by atoms with E-state index < -0.39 is 5.83 Å². The molecule has 0 aromatic rings. The van der Waals surface area contributed by atoms with E-state index in [0.29, 0.717) is 0 Å². The molecular formula is C7F2O. The van der Waals surface area contributed by atoms with E-state index in [1.165, 1.54) is 5.94 Å². The Morgan fingerprint density at radius 2 is 2.10 bits per heavy atom. The highest BCUT2D eigenvalue weighted by atomic mass is 19.1. The van der Waals surface area contributed by atoms with Crippen LogP contribution in [0, 0.1) is 12.1 Å². The first kappa shape index (κ1) is 6.51. The predicted octanol–water partition coefficient (Wildman–Crippen LogP) is 1.07. The molecule has 0 atom stereocenters. The van der Waals surface area contributed by atoms with E-state index in [0.717, 1.165) is 6.17 Å². The third kappa shape index (κ3) is 0.897. The average molecular weight is 138 g/mol. The normalized spacial score (nSPS) is 13.2. The maximum atomic E-state index is 12.1. The fraction of sp³-hybridized carbons (Fsp3) is 0. The molecule has 0 fully saturated rings. The van der Waals surface area contributed by atoms with Gasteiger partial charge in [0.25, 0.3) is 0 Å². The molecule has 1 aliphatic carbocycles. The lowest BCUT2D eigenvalue weighted by Gasteiger charge is -1.58. The largest absolute Gasteiger partial charge is 0.224 e. The molecule has 0 saturated heterocycles. The van der Waals surface area contributed by atoms with Crippen LogP contribution in [0.15, 0.2) is 22.7 Å². The zero-order valence-corrected chi connectivity index (χ0v) is 4.66. The maximum absolute atomic E-state index is 12.1. The number of rotatable bonds is 0. The summed E-state index contributed by atoms with van der Waals surface area (Å²) in [6.07, 6.45) is 1.01. The van der Waals surface area contributed by atoms with Gasteiger partial charge in [-0.05, 0) is 11.7 Å². The summed E-state index contributed by atoms with van der Waals surface area (Å²) in [6.45, 7) is 0. The molecular weight excluding hydrogens is 138 g/mol. The van der Waals surface area contributed by atoms with Crippen LogP contribution in [0.2, 0.25) is 0 Å². The van der Waals surface area contributed by atoms with Gasteiger partial charge in [-0.15, -0.1) is 4.39 Å². The zero-order valence-electron chi connectivity index (χ0n) is 4.66. The van der Waals surface area contributed by atoms with Gasteiger partial charge in [0.1, 0.15) is 6.17 Å². The lowest BCUT2D eigenvalue weighted by atomic mass is 10.4. The minimum Gasteiger partial charge on any atom is -0.224 e. The Labute approximate surface area is 55.3 Å². The van der Waals surface area contributed by atoms with Crippen LogP contribution in [0.5, 0.6) is 0 Å². The van der Waals surface area contributed by atoms with Crippen LogP contribution in [0.1, 0.15) is 0 Å². The van der Waals surface area contributed by atoms with Crippen molar-refractivity contribution in [3.05, 3.63) is 22.7 Å². The molecule has 0 aromatic carbocycles. The number of allylic oxidation sites excluding steroid dienone is 3. The highest BCUT2D eigenvalue weighted by Crippen LogP contribution is 2.37. The van der Waals surface area contributed by atoms with E-state index in [-0.39, 0.29) is 11.1 Å². The Balaban J connectivity index is 2.95. The van der Waals surface area contributed by atoms with Crippen molar-refractivity contribution in [3.63, 3.8) is 0 Å². The number of halogens is 2. The molecule has 1 aliphatic rings. The summed E-state index contributed by atoms with van der Waals surface area (Å²) in [5.74, 6) is 2.38. The van der Waals surface area contributed by atoms with Crippen molar-refractivity contribution >= 4 is 5.94 Å². The molecule has 0 N–H and O–H groups in total. The second kappa shape index (κ2) is 2.33. The van der Waals surface area contributed by atoms with Crippen LogP contribution in [-0.4, -0.2) is 5.94 Å². The van der Waals surface area contributed by atoms with Gasteiger partial charge in [-0.2, -0.15) is 0 Å². The van der Waals surface area contributed by atoms with E-state index in [9.17, 15) is 13.6 Å². The van der Waals surface area contributed by atoms with E-state index in [2.05, 4.69) is 0 Å². The summed E-state index contributed by atoms with van der Waals surface area (Å²) in [5, 5.41) is 0. The van der Waals surface area contributed by atoms with Crippen molar-refractivity contribution in [1.29, 1.82) is 0 Å². The topological polar surface area (TPSA) is 17.1 Å². The van der Waals surface area contributed by atoms with Gasteiger partial charge in [0.15, 0.2) is 11.8 Å². The Bertz CT molecular complexity index is 342. The highest BCUT2D eigenvalue weighted by Gasteiger charge is 2.29. The molecule has 0 aliphatic heterocycles. The molecule has 3 heteroatoms. The summed E-state index contributed by atoms with van der Waals surface area (Å²) < 4.78 is 23.3. The second-order valence-corrected chi connectivity index (χ2v) is 1.51. The van der Waals surface area contributed by atoms with Crippen LogP contribution in [0.3, 0.4) is 0 Å². The lowest BCUT2D eigenvalue weighted by Crippen LogP contribution is -1.52. The van der Waals surface area contributed by atoms with E-state index in [1.54, 1.807) is 0 Å². The first-order chi connectivity index (χ1) is 4.81. The molecule has 0 unspecified atom stereocenters. The molecule has 48 valence electrons. The second-order valence-electron chi connectivity index (χ2n) is 1.51. The minimum atomic E-state index is -0.673. The molecule has 0 spiro atoms. The van der Waals surface area contributed by atoms with Crippen LogP contribution < -0.4 is 0 Å². The molecule has 0 bridgehead atoms. The molecule has 1 nitrogen and oxygen atoms in total. The number of hydrogen-bond acceptors (Lipinski definition) is 1. The average Bonchev–Trinajstić information content (AvgIpc) is 2.48. The van der Waals surface area contributed by atoms with Crippen molar-refractivity contribution in [3.8, 4) is 12.1 Å². The fourth-order valence-electron chi connectivity index (χ4n) is 0.498. The lowest BCUT2D eigenvalue weighted by molar-refractivity contribution is 0.569. The molecule has 0 heterocycles. The van der Waals surface area contributed by atoms with Crippen molar-refractivity contribution < 1.29 is 13.6 Å². The van der Waals surface area contributed by atoms with E-state index in [4.69, 9.17) is 0 Å². The van der Waals surface area contributed by atoms with Gasteiger partial charge in [-0.1, -0.05) is 0 Å². The van der Waals surface area contributed by atoms with Crippen molar-refractivity contribution in [1.82, 2.24) is 0 Å². The molecule has 0 amide bonds. The third-order valence-corrected chi connectivity index (χ3v) is 0.975. The van der Waals surface area contributed by atoms with Crippen LogP contribution in [0.25, 0.3) is 0 Å². The summed E-state index contributed by atoms with van der Waals surface area (Å²) >= 11 is 0. The van der Waals surface area contributed by atoms with Gasteiger partial charge in [-0.25, -0.2) is 9.18 Å². The Kier molecular flexibility index (Phi) is 1.51. The van der Waals surface area contributed by atoms with Gasteiger partial charge in [0.2, 0.25) is 0 Å². The van der Waals surface area contributed by atoms with E-state index in [1.807, 2.05) is 11.7 Å². The fourth-order valence-corrected chi connectivity index (χ4v) is 0.498. The molecule has 0 radical (unpaired) electrons. The summed E-state index contributed by atoms with van der Waals surface area (Å²) in [4.78, 5) is 9.56. The van der Waals surface area contributed by atoms with Crippen LogP contribution in [-0.2, 0) is 4.79 Å². The smallest absolute Gasteiger partial charge is 0.177 e. The summed E-state index contributed by atoms with van der Waals surface area (Å²) in [6, 6.07) is 0. The van der Waals surface area contributed by atoms with Crippen LogP contribution in [0.4, 0.5) is 8.78 Å². The van der Waals surface area contributed by atoms with Gasteiger partial charge in [0, 0.05) is 0 Å². The third-order valence-electron chi connectivity index (χ3n) is 0.975. The van der Waals surface area contributed by atoms with Crippen molar-refractivity contribution in [2.75, 3.05) is 0 Å². The highest BCUT2D eigenvalue weighted by molar-refractivity contribution is 5.73. The Morgan fingerprint density at radius 3 is 2.60 bits per heavy atom. The van der Waals surface area contributed by atoms with Gasteiger partial charge in [-0.3, -0.25) is 0 Å². The van der Waals surface area contributed by atoms with Crippen molar-refractivity contribution in [2.45, 2.75) is 0 Å².